The third-order valence-corrected chi connectivity index (χ3v) is 2.70. The fourth-order valence-corrected chi connectivity index (χ4v) is 1.81. The van der Waals surface area contributed by atoms with Gasteiger partial charge in [0.15, 0.2) is 0 Å². The Balaban J connectivity index is 1.92. The minimum atomic E-state index is -0.244. The van der Waals surface area contributed by atoms with Crippen LogP contribution in [0.2, 0.25) is 0 Å². The predicted octanol–water partition coefficient (Wildman–Crippen LogP) is 1.90. The zero-order valence-electron chi connectivity index (χ0n) is 10.2. The Bertz CT molecular complexity index is 506. The Morgan fingerprint density at radius 1 is 1.50 bits per heavy atom. The maximum absolute atomic E-state index is 11.3. The summed E-state index contributed by atoms with van der Waals surface area (Å²) < 4.78 is 4.94. The normalized spacial score (nSPS) is 13.5. The smallest absolute Gasteiger partial charge is 0.338 e. The fraction of sp³-hybridized carbons (Fsp3) is 0.286. The lowest BCUT2D eigenvalue weighted by Gasteiger charge is -1.98. The zero-order valence-corrected chi connectivity index (χ0v) is 10.2. The van der Waals surface area contributed by atoms with Crippen molar-refractivity contribution in [2.45, 2.75) is 20.0 Å². The van der Waals surface area contributed by atoms with Crippen molar-refractivity contribution >= 4 is 18.0 Å². The maximum Gasteiger partial charge on any atom is 0.338 e. The van der Waals surface area contributed by atoms with Crippen LogP contribution in [0.3, 0.4) is 0 Å². The number of cyclic esters (lactones) is 1. The topological polar surface area (TPSA) is 55.4 Å². The summed E-state index contributed by atoms with van der Waals surface area (Å²) in [6, 6.07) is 5.63. The van der Waals surface area contributed by atoms with Crippen LogP contribution in [0.15, 0.2) is 24.3 Å². The molecule has 0 atom stereocenters. The van der Waals surface area contributed by atoms with Crippen LogP contribution in [-0.2, 0) is 16.1 Å². The van der Waals surface area contributed by atoms with Crippen LogP contribution < -0.4 is 5.32 Å². The molecule has 94 valence electrons. The zero-order chi connectivity index (χ0) is 13.0. The summed E-state index contributed by atoms with van der Waals surface area (Å²) in [5.74, 6) is -0.261. The van der Waals surface area contributed by atoms with Gasteiger partial charge < -0.3 is 10.1 Å². The highest BCUT2D eigenvalue weighted by Gasteiger charge is 2.20. The lowest BCUT2D eigenvalue weighted by atomic mass is 10.1. The van der Waals surface area contributed by atoms with E-state index < -0.39 is 0 Å². The van der Waals surface area contributed by atoms with Crippen molar-refractivity contribution in [3.05, 3.63) is 41.0 Å². The van der Waals surface area contributed by atoms with Gasteiger partial charge in [0.2, 0.25) is 5.91 Å². The van der Waals surface area contributed by atoms with Crippen molar-refractivity contribution in [1.82, 2.24) is 5.32 Å². The molecule has 4 nitrogen and oxygen atoms in total. The molecule has 1 aromatic rings. The van der Waals surface area contributed by atoms with Crippen LogP contribution in [0, 0.1) is 0 Å². The monoisotopic (exact) mass is 245 g/mol. The van der Waals surface area contributed by atoms with E-state index in [4.69, 9.17) is 4.74 Å². The van der Waals surface area contributed by atoms with E-state index in [0.29, 0.717) is 18.7 Å². The molecule has 0 aromatic heterocycles. The summed E-state index contributed by atoms with van der Waals surface area (Å²) in [6.45, 7) is 2.50. The second-order valence-electron chi connectivity index (χ2n) is 4.17. The van der Waals surface area contributed by atoms with Crippen LogP contribution in [-0.4, -0.2) is 18.4 Å². The van der Waals surface area contributed by atoms with E-state index in [9.17, 15) is 9.59 Å². The quantitative estimate of drug-likeness (QED) is 0.651. The summed E-state index contributed by atoms with van der Waals surface area (Å²) in [7, 11) is 0. The van der Waals surface area contributed by atoms with Crippen LogP contribution in [0.5, 0.6) is 0 Å². The first-order chi connectivity index (χ1) is 8.66. The second kappa shape index (κ2) is 5.49. The molecule has 2 rings (SSSR count). The lowest BCUT2D eigenvalue weighted by molar-refractivity contribution is -0.118. The van der Waals surface area contributed by atoms with Gasteiger partial charge in [-0.3, -0.25) is 4.79 Å². The van der Waals surface area contributed by atoms with Gasteiger partial charge in [0.05, 0.1) is 5.56 Å². The number of esters is 1. The lowest BCUT2D eigenvalue weighted by Crippen LogP contribution is -2.20. The second-order valence-corrected chi connectivity index (χ2v) is 4.17. The highest BCUT2D eigenvalue weighted by atomic mass is 16.5. The standard InChI is InChI=1S/C14H15NO3/c1-10(16)15-7-3-2-4-11-5-6-13-12(8-11)9-18-14(13)17/h2,4-6,8H,3,7,9H2,1H3,(H,15,16). The van der Waals surface area contributed by atoms with E-state index in [0.717, 1.165) is 17.5 Å². The molecule has 0 saturated heterocycles. The Morgan fingerprint density at radius 3 is 3.11 bits per heavy atom. The summed E-state index contributed by atoms with van der Waals surface area (Å²) in [5, 5.41) is 2.72. The molecule has 4 heteroatoms. The van der Waals surface area contributed by atoms with Gasteiger partial charge in [-0.25, -0.2) is 4.79 Å². The highest BCUT2D eigenvalue weighted by molar-refractivity contribution is 5.93. The third-order valence-electron chi connectivity index (χ3n) is 2.70. The van der Waals surface area contributed by atoms with Crippen molar-refractivity contribution < 1.29 is 14.3 Å². The van der Waals surface area contributed by atoms with Crippen molar-refractivity contribution in [3.63, 3.8) is 0 Å². The fourth-order valence-electron chi connectivity index (χ4n) is 1.81. The number of hydrogen-bond donors (Lipinski definition) is 1. The van der Waals surface area contributed by atoms with E-state index in [-0.39, 0.29) is 11.9 Å². The Kier molecular flexibility index (Phi) is 3.77. The molecule has 1 aromatic carbocycles. The van der Waals surface area contributed by atoms with Gasteiger partial charge >= 0.3 is 5.97 Å². The Labute approximate surface area is 106 Å². The van der Waals surface area contributed by atoms with E-state index >= 15 is 0 Å². The first kappa shape index (κ1) is 12.4. The SMILES string of the molecule is CC(=O)NCCC=Cc1ccc2c(c1)COC2=O. The molecule has 0 bridgehead atoms. The van der Waals surface area contributed by atoms with E-state index in [1.165, 1.54) is 6.92 Å². The molecular formula is C14H15NO3. The van der Waals surface area contributed by atoms with Gasteiger partial charge in [0, 0.05) is 19.0 Å². The maximum atomic E-state index is 11.3. The predicted molar refractivity (Wildman–Crippen MR) is 67.9 cm³/mol. The molecule has 0 fully saturated rings. The minimum Gasteiger partial charge on any atom is -0.457 e. The molecule has 1 aliphatic rings. The summed E-state index contributed by atoms with van der Waals surface area (Å²) in [5.41, 5.74) is 2.63. The first-order valence-corrected chi connectivity index (χ1v) is 5.88. The molecule has 18 heavy (non-hydrogen) atoms. The van der Waals surface area contributed by atoms with E-state index in [1.807, 2.05) is 24.3 Å². The number of hydrogen-bond acceptors (Lipinski definition) is 3. The van der Waals surface area contributed by atoms with Gasteiger partial charge in [0.25, 0.3) is 0 Å². The number of amides is 1. The first-order valence-electron chi connectivity index (χ1n) is 5.88. The van der Waals surface area contributed by atoms with Gasteiger partial charge in [-0.15, -0.1) is 0 Å². The molecule has 0 aliphatic carbocycles. The van der Waals surface area contributed by atoms with Crippen molar-refractivity contribution in [2.75, 3.05) is 6.54 Å². The van der Waals surface area contributed by atoms with Crippen LogP contribution in [0.25, 0.3) is 6.08 Å². The van der Waals surface area contributed by atoms with E-state index in [2.05, 4.69) is 5.32 Å². The average Bonchev–Trinajstić information content (AvgIpc) is 2.70. The number of benzene rings is 1. The largest absolute Gasteiger partial charge is 0.457 e. The molecule has 0 spiro atoms. The average molecular weight is 245 g/mol. The highest BCUT2D eigenvalue weighted by Crippen LogP contribution is 2.21. The van der Waals surface area contributed by atoms with E-state index in [1.54, 1.807) is 6.07 Å². The van der Waals surface area contributed by atoms with Crippen molar-refractivity contribution in [3.8, 4) is 0 Å². The molecule has 0 radical (unpaired) electrons. The molecule has 0 unspecified atom stereocenters. The van der Waals surface area contributed by atoms with Gasteiger partial charge in [-0.1, -0.05) is 18.2 Å². The Hall–Kier alpha value is -2.10. The summed E-state index contributed by atoms with van der Waals surface area (Å²) >= 11 is 0. The number of carbonyl (C=O) groups excluding carboxylic acids is 2. The van der Waals surface area contributed by atoms with Crippen molar-refractivity contribution in [2.24, 2.45) is 0 Å². The minimum absolute atomic E-state index is 0.0170. The molecule has 0 saturated carbocycles. The summed E-state index contributed by atoms with van der Waals surface area (Å²) in [6.07, 6.45) is 4.76. The van der Waals surface area contributed by atoms with Gasteiger partial charge in [0.1, 0.15) is 6.61 Å². The number of nitrogens with one attached hydrogen (secondary N) is 1. The number of carbonyl (C=O) groups is 2. The summed E-state index contributed by atoms with van der Waals surface area (Å²) in [4.78, 5) is 21.9. The Morgan fingerprint density at radius 2 is 2.33 bits per heavy atom. The third kappa shape index (κ3) is 2.97. The number of fused-ring (bicyclic) bond motifs is 1. The van der Waals surface area contributed by atoms with Crippen molar-refractivity contribution in [1.29, 1.82) is 0 Å². The van der Waals surface area contributed by atoms with Crippen LogP contribution in [0.1, 0.15) is 34.8 Å². The van der Waals surface area contributed by atoms with Crippen LogP contribution in [0.4, 0.5) is 0 Å². The number of ether oxygens (including phenoxy) is 1. The van der Waals surface area contributed by atoms with Gasteiger partial charge in [-0.05, 0) is 24.1 Å². The molecular weight excluding hydrogens is 230 g/mol. The van der Waals surface area contributed by atoms with Gasteiger partial charge in [-0.2, -0.15) is 0 Å². The molecule has 1 amide bonds. The molecule has 1 N–H and O–H groups in total. The molecule has 1 heterocycles. The molecule has 1 aliphatic heterocycles. The number of rotatable bonds is 4. The van der Waals surface area contributed by atoms with Crippen LogP contribution >= 0.6 is 0 Å².